The van der Waals surface area contributed by atoms with Gasteiger partial charge in [0.05, 0.1) is 16.7 Å². The van der Waals surface area contributed by atoms with Crippen LogP contribution in [-0.4, -0.2) is 47.5 Å². The Hall–Kier alpha value is -4.77. The molecule has 3 aromatic carbocycles. The molecule has 3 aromatic rings. The van der Waals surface area contributed by atoms with Crippen molar-refractivity contribution >= 4 is 42.0 Å². The molecule has 5 amide bonds. The van der Waals surface area contributed by atoms with Gasteiger partial charge >= 0.3 is 7.05 Å². The Labute approximate surface area is 223 Å². The Balaban J connectivity index is 1.21. The van der Waals surface area contributed by atoms with Crippen LogP contribution in [-0.2, 0) is 22.7 Å². The lowest BCUT2D eigenvalue weighted by atomic mass is 9.72. The number of benzene rings is 3. The van der Waals surface area contributed by atoms with Gasteiger partial charge in [-0.2, -0.15) is 0 Å². The average Bonchev–Trinajstić information content (AvgIpc) is 3.21. The van der Waals surface area contributed by atoms with E-state index in [1.165, 1.54) is 6.07 Å². The zero-order chi connectivity index (χ0) is 27.1. The van der Waals surface area contributed by atoms with Crippen molar-refractivity contribution in [3.05, 3.63) is 94.5 Å². The van der Waals surface area contributed by atoms with Crippen molar-refractivity contribution in [3.63, 3.8) is 0 Å². The first kappa shape index (κ1) is 24.6. The molecule has 3 heterocycles. The molecule has 0 spiro atoms. The number of piperidine rings is 1. The van der Waals surface area contributed by atoms with Gasteiger partial charge in [-0.1, -0.05) is 54.6 Å². The normalized spacial score (nSPS) is 18.3. The number of para-hydroxylation sites is 1. The molecule has 39 heavy (non-hydrogen) atoms. The molecule has 1 unspecified atom stereocenters. The fourth-order valence-corrected chi connectivity index (χ4v) is 5.22. The minimum absolute atomic E-state index is 0.0196. The second-order valence-corrected chi connectivity index (χ2v) is 9.55. The predicted molar refractivity (Wildman–Crippen MR) is 140 cm³/mol. The molecule has 3 N–H and O–H groups in total. The molecule has 1 atom stereocenters. The van der Waals surface area contributed by atoms with E-state index in [-0.39, 0.29) is 30.5 Å². The Morgan fingerprint density at radius 1 is 0.974 bits per heavy atom. The standard InChI is InChI=1S/C28H23BN4O6/c34-22-13-12-21(26(36)32-22)33-27(37)19-10-4-6-16(23(19)28(33)38)14-30-25(35)20-11-5-7-17-15-31-29(39-24(17)20)18-8-2-1-3-9-18/h1-11,21,31H,12-15H2,(H,30,35)(H,32,34,36). The second-order valence-electron chi connectivity index (χ2n) is 9.55. The first-order chi connectivity index (χ1) is 18.9. The molecule has 10 nitrogen and oxygen atoms in total. The molecule has 0 saturated carbocycles. The molecular weight excluding hydrogens is 499 g/mol. The first-order valence-electron chi connectivity index (χ1n) is 12.6. The van der Waals surface area contributed by atoms with Gasteiger partial charge in [-0.05, 0) is 29.6 Å². The van der Waals surface area contributed by atoms with E-state index in [0.29, 0.717) is 23.4 Å². The number of fused-ring (bicyclic) bond motifs is 2. The molecule has 194 valence electrons. The molecule has 11 heteroatoms. The van der Waals surface area contributed by atoms with E-state index in [1.807, 2.05) is 36.4 Å². The van der Waals surface area contributed by atoms with Crippen molar-refractivity contribution in [2.45, 2.75) is 32.0 Å². The summed E-state index contributed by atoms with van der Waals surface area (Å²) < 4.78 is 6.19. The van der Waals surface area contributed by atoms with E-state index in [4.69, 9.17) is 4.65 Å². The van der Waals surface area contributed by atoms with E-state index >= 15 is 0 Å². The Morgan fingerprint density at radius 3 is 2.56 bits per heavy atom. The molecule has 0 aromatic heterocycles. The van der Waals surface area contributed by atoms with E-state index in [1.54, 1.807) is 24.3 Å². The van der Waals surface area contributed by atoms with Crippen LogP contribution in [0.5, 0.6) is 5.75 Å². The Kier molecular flexibility index (Phi) is 6.20. The van der Waals surface area contributed by atoms with Gasteiger partial charge in [0.25, 0.3) is 17.7 Å². The highest BCUT2D eigenvalue weighted by atomic mass is 16.4. The Morgan fingerprint density at radius 2 is 1.77 bits per heavy atom. The van der Waals surface area contributed by atoms with Crippen molar-refractivity contribution in [1.29, 1.82) is 0 Å². The summed E-state index contributed by atoms with van der Waals surface area (Å²) in [6.07, 6.45) is 0.108. The minimum atomic E-state index is -1.06. The van der Waals surface area contributed by atoms with Gasteiger partial charge in [0.2, 0.25) is 11.8 Å². The summed E-state index contributed by atoms with van der Waals surface area (Å²) in [5.74, 6) is -2.23. The lowest BCUT2D eigenvalue weighted by Gasteiger charge is -2.27. The SMILES string of the molecule is O=C1CCC(N2C(=O)c3cccc(CNC(=O)c4cccc5c4OB(c4ccccc4)NC5)c3C2=O)C(=O)N1. The lowest BCUT2D eigenvalue weighted by Crippen LogP contribution is -2.54. The summed E-state index contributed by atoms with van der Waals surface area (Å²) in [4.78, 5) is 64.5. The highest BCUT2D eigenvalue weighted by Crippen LogP contribution is 2.31. The number of imide groups is 2. The summed E-state index contributed by atoms with van der Waals surface area (Å²) in [6.45, 7) is 0.503. The van der Waals surface area contributed by atoms with Crippen molar-refractivity contribution in [1.82, 2.24) is 20.8 Å². The topological polar surface area (TPSA) is 134 Å². The number of carbonyl (C=O) groups is 5. The fraction of sp³-hybridized carbons (Fsp3) is 0.179. The van der Waals surface area contributed by atoms with Crippen LogP contribution in [0.25, 0.3) is 0 Å². The minimum Gasteiger partial charge on any atom is -0.542 e. The molecule has 6 rings (SSSR count). The van der Waals surface area contributed by atoms with Crippen molar-refractivity contribution < 1.29 is 28.6 Å². The van der Waals surface area contributed by atoms with Crippen molar-refractivity contribution in [3.8, 4) is 5.75 Å². The summed E-state index contributed by atoms with van der Waals surface area (Å²) >= 11 is 0. The van der Waals surface area contributed by atoms with Crippen LogP contribution in [0.1, 0.15) is 55.0 Å². The van der Waals surface area contributed by atoms with Crippen LogP contribution in [0.3, 0.4) is 0 Å². The number of amides is 5. The first-order valence-corrected chi connectivity index (χ1v) is 12.6. The maximum absolute atomic E-state index is 13.3. The third-order valence-corrected chi connectivity index (χ3v) is 7.15. The van der Waals surface area contributed by atoms with Gasteiger partial charge < -0.3 is 15.2 Å². The third kappa shape index (κ3) is 4.36. The molecule has 0 aliphatic carbocycles. The van der Waals surface area contributed by atoms with Crippen LogP contribution in [0.4, 0.5) is 0 Å². The van der Waals surface area contributed by atoms with E-state index in [2.05, 4.69) is 15.9 Å². The molecular formula is C28H23BN4O6. The summed E-state index contributed by atoms with van der Waals surface area (Å²) in [6, 6.07) is 18.7. The predicted octanol–water partition coefficient (Wildman–Crippen LogP) is 0.895. The molecule has 0 bridgehead atoms. The second kappa shape index (κ2) is 9.84. The molecule has 0 radical (unpaired) electrons. The van der Waals surface area contributed by atoms with Crippen molar-refractivity contribution in [2.75, 3.05) is 0 Å². The number of hydrogen-bond donors (Lipinski definition) is 3. The van der Waals surface area contributed by atoms with E-state index in [0.717, 1.165) is 15.9 Å². The number of nitrogens with one attached hydrogen (secondary N) is 3. The summed E-state index contributed by atoms with van der Waals surface area (Å²) in [5, 5.41) is 8.35. The smallest absolute Gasteiger partial charge is 0.483 e. The molecule has 3 aliphatic heterocycles. The average molecular weight is 522 g/mol. The molecule has 1 fully saturated rings. The molecule has 1 saturated heterocycles. The maximum Gasteiger partial charge on any atom is 0.483 e. The van der Waals surface area contributed by atoms with Gasteiger partial charge in [0.1, 0.15) is 11.8 Å². The number of rotatable bonds is 5. The zero-order valence-electron chi connectivity index (χ0n) is 20.7. The van der Waals surface area contributed by atoms with E-state index < -0.39 is 42.6 Å². The van der Waals surface area contributed by atoms with Gasteiger partial charge in [-0.25, -0.2) is 0 Å². The van der Waals surface area contributed by atoms with Gasteiger partial charge in [0.15, 0.2) is 0 Å². The van der Waals surface area contributed by atoms with Gasteiger partial charge in [0, 0.05) is 25.1 Å². The van der Waals surface area contributed by atoms with Gasteiger partial charge in [-0.3, -0.25) is 34.2 Å². The quantitative estimate of drug-likeness (QED) is 0.335. The largest absolute Gasteiger partial charge is 0.542 e. The van der Waals surface area contributed by atoms with Crippen LogP contribution in [0.2, 0.25) is 0 Å². The van der Waals surface area contributed by atoms with Crippen LogP contribution < -0.4 is 26.0 Å². The van der Waals surface area contributed by atoms with Crippen LogP contribution in [0, 0.1) is 0 Å². The number of hydrogen-bond acceptors (Lipinski definition) is 7. The molecule has 3 aliphatic rings. The number of nitrogens with zero attached hydrogens (tertiary/aromatic N) is 1. The third-order valence-electron chi connectivity index (χ3n) is 7.15. The Bertz CT molecular complexity index is 1540. The summed E-state index contributed by atoms with van der Waals surface area (Å²) in [7, 11) is -0.410. The van der Waals surface area contributed by atoms with Crippen LogP contribution >= 0.6 is 0 Å². The summed E-state index contributed by atoms with van der Waals surface area (Å²) in [5.41, 5.74) is 2.89. The van der Waals surface area contributed by atoms with Crippen molar-refractivity contribution in [2.24, 2.45) is 0 Å². The highest BCUT2D eigenvalue weighted by molar-refractivity contribution is 6.65. The fourth-order valence-electron chi connectivity index (χ4n) is 5.22. The zero-order valence-corrected chi connectivity index (χ0v) is 20.7. The monoisotopic (exact) mass is 522 g/mol. The van der Waals surface area contributed by atoms with Gasteiger partial charge in [-0.15, -0.1) is 0 Å². The maximum atomic E-state index is 13.3. The number of carbonyl (C=O) groups excluding carboxylic acids is 5. The lowest BCUT2D eigenvalue weighted by molar-refractivity contribution is -0.136. The van der Waals surface area contributed by atoms with Crippen LogP contribution in [0.15, 0.2) is 66.7 Å². The highest BCUT2D eigenvalue weighted by Gasteiger charge is 2.45. The van der Waals surface area contributed by atoms with E-state index in [9.17, 15) is 24.0 Å².